The number of fused-ring (bicyclic) bond motifs is 1. The molecule has 0 aliphatic heterocycles. The summed E-state index contributed by atoms with van der Waals surface area (Å²) in [5.74, 6) is 1.58. The number of furan rings is 1. The molecule has 0 amide bonds. The van der Waals surface area contributed by atoms with Gasteiger partial charge in [0.2, 0.25) is 0 Å². The van der Waals surface area contributed by atoms with E-state index >= 15 is 0 Å². The molecule has 1 heterocycles. The molecule has 0 aliphatic carbocycles. The van der Waals surface area contributed by atoms with Gasteiger partial charge in [-0.05, 0) is 43.5 Å². The van der Waals surface area contributed by atoms with Gasteiger partial charge in [0.15, 0.2) is 11.3 Å². The van der Waals surface area contributed by atoms with Gasteiger partial charge in [-0.25, -0.2) is 0 Å². The van der Waals surface area contributed by atoms with Gasteiger partial charge in [0, 0.05) is 17.6 Å². The topological polar surface area (TPSA) is 42.6 Å². The van der Waals surface area contributed by atoms with Crippen molar-refractivity contribution in [3.05, 3.63) is 53.6 Å². The molecule has 0 bridgehead atoms. The molecule has 0 spiro atoms. The van der Waals surface area contributed by atoms with Crippen molar-refractivity contribution in [2.45, 2.75) is 19.8 Å². The Morgan fingerprint density at radius 2 is 1.86 bits per heavy atom. The molecular weight excluding hydrogens is 276 g/mol. The maximum Gasteiger partial charge on any atom is 0.176 e. The van der Waals surface area contributed by atoms with Crippen molar-refractivity contribution in [1.82, 2.24) is 0 Å². The lowest BCUT2D eigenvalue weighted by molar-refractivity contribution is 0.288. The third-order valence-electron chi connectivity index (χ3n) is 3.82. The van der Waals surface area contributed by atoms with Crippen LogP contribution in [0.25, 0.3) is 22.3 Å². The average Bonchev–Trinajstić information content (AvgIpc) is 2.96. The molecule has 114 valence electrons. The Morgan fingerprint density at radius 1 is 1.09 bits per heavy atom. The molecule has 1 aromatic heterocycles. The maximum absolute atomic E-state index is 8.99. The molecule has 0 radical (unpaired) electrons. The Bertz CT molecular complexity index is 769. The van der Waals surface area contributed by atoms with E-state index in [1.54, 1.807) is 7.11 Å². The van der Waals surface area contributed by atoms with Crippen molar-refractivity contribution < 1.29 is 14.3 Å². The number of aryl methyl sites for hydroxylation is 2. The SMILES string of the molecule is COc1cc(CCCO)cc2cc(-c3ccc(C)cc3)oc12. The summed E-state index contributed by atoms with van der Waals surface area (Å²) in [5, 5.41) is 10.0. The van der Waals surface area contributed by atoms with Gasteiger partial charge in [-0.2, -0.15) is 0 Å². The highest BCUT2D eigenvalue weighted by Crippen LogP contribution is 2.35. The lowest BCUT2D eigenvalue weighted by Crippen LogP contribution is -1.91. The molecule has 0 fully saturated rings. The standard InChI is InChI=1S/C19H20O3/c1-13-5-7-15(8-6-13)17-12-16-10-14(4-3-9-20)11-18(21-2)19(16)22-17/h5-8,10-12,20H,3-4,9H2,1-2H3. The van der Waals surface area contributed by atoms with Gasteiger partial charge >= 0.3 is 0 Å². The molecule has 2 aromatic carbocycles. The van der Waals surface area contributed by atoms with Crippen LogP contribution in [0.3, 0.4) is 0 Å². The lowest BCUT2D eigenvalue weighted by Gasteiger charge is -2.05. The molecular formula is C19H20O3. The van der Waals surface area contributed by atoms with E-state index in [-0.39, 0.29) is 6.61 Å². The van der Waals surface area contributed by atoms with Crippen LogP contribution in [-0.2, 0) is 6.42 Å². The van der Waals surface area contributed by atoms with Crippen LogP contribution in [0.2, 0.25) is 0 Å². The Hall–Kier alpha value is -2.26. The van der Waals surface area contributed by atoms with Gasteiger partial charge in [0.25, 0.3) is 0 Å². The fourth-order valence-electron chi connectivity index (χ4n) is 2.62. The minimum atomic E-state index is 0.195. The number of rotatable bonds is 5. The summed E-state index contributed by atoms with van der Waals surface area (Å²) in [5.41, 5.74) is 4.20. The summed E-state index contributed by atoms with van der Waals surface area (Å²) >= 11 is 0. The highest BCUT2D eigenvalue weighted by Gasteiger charge is 2.12. The molecule has 0 aliphatic rings. The first-order chi connectivity index (χ1) is 10.7. The van der Waals surface area contributed by atoms with Crippen LogP contribution in [0.4, 0.5) is 0 Å². The molecule has 3 heteroatoms. The van der Waals surface area contributed by atoms with E-state index < -0.39 is 0 Å². The average molecular weight is 296 g/mol. The Balaban J connectivity index is 2.05. The number of methoxy groups -OCH3 is 1. The third kappa shape index (κ3) is 2.85. The van der Waals surface area contributed by atoms with Crippen molar-refractivity contribution in [2.75, 3.05) is 13.7 Å². The van der Waals surface area contributed by atoms with Crippen LogP contribution in [0.5, 0.6) is 5.75 Å². The van der Waals surface area contributed by atoms with Crippen molar-refractivity contribution in [3.63, 3.8) is 0 Å². The second-order valence-corrected chi connectivity index (χ2v) is 5.52. The summed E-state index contributed by atoms with van der Waals surface area (Å²) in [6.45, 7) is 2.26. The van der Waals surface area contributed by atoms with E-state index in [9.17, 15) is 0 Å². The zero-order chi connectivity index (χ0) is 15.5. The first-order valence-electron chi connectivity index (χ1n) is 7.49. The fraction of sp³-hybridized carbons (Fsp3) is 0.263. The third-order valence-corrected chi connectivity index (χ3v) is 3.82. The number of hydrogen-bond acceptors (Lipinski definition) is 3. The first kappa shape index (κ1) is 14.7. The van der Waals surface area contributed by atoms with E-state index in [0.717, 1.165) is 46.4 Å². The van der Waals surface area contributed by atoms with Gasteiger partial charge in [0.1, 0.15) is 5.76 Å². The van der Waals surface area contributed by atoms with Crippen LogP contribution in [-0.4, -0.2) is 18.8 Å². The Kier molecular flexibility index (Phi) is 4.16. The van der Waals surface area contributed by atoms with E-state index in [0.29, 0.717) is 0 Å². The van der Waals surface area contributed by atoms with Crippen molar-refractivity contribution in [3.8, 4) is 17.1 Å². The second kappa shape index (κ2) is 6.24. The zero-order valence-corrected chi connectivity index (χ0v) is 12.9. The predicted octanol–water partition coefficient (Wildman–Crippen LogP) is 4.34. The number of hydrogen-bond donors (Lipinski definition) is 1. The molecule has 3 rings (SSSR count). The van der Waals surface area contributed by atoms with Crippen LogP contribution in [0.1, 0.15) is 17.5 Å². The van der Waals surface area contributed by atoms with E-state index in [2.05, 4.69) is 37.3 Å². The van der Waals surface area contributed by atoms with Gasteiger partial charge in [0.05, 0.1) is 7.11 Å². The molecule has 1 N–H and O–H groups in total. The highest BCUT2D eigenvalue weighted by atomic mass is 16.5. The first-order valence-corrected chi connectivity index (χ1v) is 7.49. The zero-order valence-electron chi connectivity index (χ0n) is 12.9. The quantitative estimate of drug-likeness (QED) is 0.761. The van der Waals surface area contributed by atoms with Gasteiger partial charge < -0.3 is 14.3 Å². The van der Waals surface area contributed by atoms with Crippen LogP contribution >= 0.6 is 0 Å². The van der Waals surface area contributed by atoms with E-state index in [4.69, 9.17) is 14.3 Å². The molecule has 3 nitrogen and oxygen atoms in total. The Labute approximate surface area is 130 Å². The van der Waals surface area contributed by atoms with Gasteiger partial charge in [-0.3, -0.25) is 0 Å². The largest absolute Gasteiger partial charge is 0.493 e. The van der Waals surface area contributed by atoms with Gasteiger partial charge in [-0.1, -0.05) is 29.8 Å². The number of aliphatic hydroxyl groups is 1. The smallest absolute Gasteiger partial charge is 0.176 e. The van der Waals surface area contributed by atoms with Crippen LogP contribution < -0.4 is 4.74 Å². The van der Waals surface area contributed by atoms with Crippen LogP contribution in [0, 0.1) is 6.92 Å². The predicted molar refractivity (Wildman–Crippen MR) is 88.3 cm³/mol. The van der Waals surface area contributed by atoms with E-state index in [1.807, 2.05) is 12.1 Å². The molecule has 3 aromatic rings. The maximum atomic E-state index is 8.99. The fourth-order valence-corrected chi connectivity index (χ4v) is 2.62. The minimum absolute atomic E-state index is 0.195. The van der Waals surface area contributed by atoms with Crippen molar-refractivity contribution in [2.24, 2.45) is 0 Å². The van der Waals surface area contributed by atoms with E-state index in [1.165, 1.54) is 5.56 Å². The molecule has 0 saturated carbocycles. The number of aliphatic hydroxyl groups excluding tert-OH is 1. The minimum Gasteiger partial charge on any atom is -0.493 e. The number of benzene rings is 2. The Morgan fingerprint density at radius 3 is 2.55 bits per heavy atom. The summed E-state index contributed by atoms with van der Waals surface area (Å²) in [7, 11) is 1.65. The summed E-state index contributed by atoms with van der Waals surface area (Å²) < 4.78 is 11.5. The highest BCUT2D eigenvalue weighted by molar-refractivity contribution is 5.88. The molecule has 0 atom stereocenters. The lowest BCUT2D eigenvalue weighted by atomic mass is 10.1. The molecule has 22 heavy (non-hydrogen) atoms. The molecule has 0 saturated heterocycles. The second-order valence-electron chi connectivity index (χ2n) is 5.52. The summed E-state index contributed by atoms with van der Waals surface area (Å²) in [4.78, 5) is 0. The molecule has 0 unspecified atom stereocenters. The normalized spacial score (nSPS) is 11.0. The van der Waals surface area contributed by atoms with Crippen molar-refractivity contribution >= 4 is 11.0 Å². The number of ether oxygens (including phenoxy) is 1. The monoisotopic (exact) mass is 296 g/mol. The van der Waals surface area contributed by atoms with Crippen molar-refractivity contribution in [1.29, 1.82) is 0 Å². The summed E-state index contributed by atoms with van der Waals surface area (Å²) in [6.07, 6.45) is 1.57. The summed E-state index contributed by atoms with van der Waals surface area (Å²) in [6, 6.07) is 14.4. The van der Waals surface area contributed by atoms with Gasteiger partial charge in [-0.15, -0.1) is 0 Å². The van der Waals surface area contributed by atoms with Crippen LogP contribution in [0.15, 0.2) is 46.9 Å².